The standard InChI is InChI=1S/C10H18BrN3O2Si/c1-17(2,3)5-4-16-7-14-6-8(11)13-10(14)9(12)15/h6H,4-5,7H2,1-3H3,(H2,12,15). The predicted octanol–water partition coefficient (Wildman–Crippen LogP) is 2.06. The summed E-state index contributed by atoms with van der Waals surface area (Å²) in [5.41, 5.74) is 5.21. The van der Waals surface area contributed by atoms with E-state index in [9.17, 15) is 4.79 Å². The zero-order valence-corrected chi connectivity index (χ0v) is 13.0. The maximum absolute atomic E-state index is 11.1. The average Bonchev–Trinajstić information content (AvgIpc) is 2.53. The van der Waals surface area contributed by atoms with Gasteiger partial charge in [0, 0.05) is 20.9 Å². The third kappa shape index (κ3) is 5.01. The summed E-state index contributed by atoms with van der Waals surface area (Å²) in [5.74, 6) is -0.339. The summed E-state index contributed by atoms with van der Waals surface area (Å²) in [5, 5.41) is 0. The third-order valence-corrected chi connectivity index (χ3v) is 4.28. The Morgan fingerprint density at radius 1 is 1.59 bits per heavy atom. The molecule has 1 heterocycles. The Hall–Kier alpha value is -0.663. The molecule has 0 unspecified atom stereocenters. The van der Waals surface area contributed by atoms with Crippen LogP contribution in [0.4, 0.5) is 0 Å². The van der Waals surface area contributed by atoms with Crippen molar-refractivity contribution >= 4 is 29.9 Å². The van der Waals surface area contributed by atoms with Crippen molar-refractivity contribution in [1.82, 2.24) is 9.55 Å². The highest BCUT2D eigenvalue weighted by molar-refractivity contribution is 9.10. The normalized spacial score (nSPS) is 11.8. The van der Waals surface area contributed by atoms with Crippen LogP contribution in [0.15, 0.2) is 10.8 Å². The first-order chi connectivity index (χ1) is 7.79. The molecule has 2 N–H and O–H groups in total. The van der Waals surface area contributed by atoms with Crippen LogP contribution >= 0.6 is 15.9 Å². The molecule has 7 heteroatoms. The van der Waals surface area contributed by atoms with Crippen LogP contribution in [0.25, 0.3) is 0 Å². The molecule has 0 fully saturated rings. The highest BCUT2D eigenvalue weighted by atomic mass is 79.9. The minimum absolute atomic E-state index is 0.213. The summed E-state index contributed by atoms with van der Waals surface area (Å²) < 4.78 is 7.72. The number of hydrogen-bond donors (Lipinski definition) is 1. The molecule has 1 rings (SSSR count). The Labute approximate surface area is 110 Å². The second kappa shape index (κ2) is 5.79. The maximum Gasteiger partial charge on any atom is 0.284 e. The molecule has 1 aromatic heterocycles. The molecule has 0 saturated carbocycles. The average molecular weight is 320 g/mol. The molecule has 0 spiro atoms. The van der Waals surface area contributed by atoms with Crippen molar-refractivity contribution in [3.05, 3.63) is 16.6 Å². The third-order valence-electron chi connectivity index (χ3n) is 2.19. The first kappa shape index (κ1) is 14.4. The highest BCUT2D eigenvalue weighted by Gasteiger charge is 2.14. The summed E-state index contributed by atoms with van der Waals surface area (Å²) in [6.45, 7) is 7.88. The monoisotopic (exact) mass is 319 g/mol. The Kier molecular flexibility index (Phi) is 4.90. The molecule has 0 atom stereocenters. The number of rotatable bonds is 6. The molecule has 0 aliphatic rings. The first-order valence-corrected chi connectivity index (χ1v) is 9.90. The summed E-state index contributed by atoms with van der Waals surface area (Å²) in [4.78, 5) is 15.1. The van der Waals surface area contributed by atoms with E-state index in [0.717, 1.165) is 6.04 Å². The second-order valence-corrected chi connectivity index (χ2v) is 11.5. The van der Waals surface area contributed by atoms with Crippen LogP contribution < -0.4 is 5.73 Å². The molecule has 0 saturated heterocycles. The number of amides is 1. The molecule has 96 valence electrons. The van der Waals surface area contributed by atoms with Gasteiger partial charge < -0.3 is 15.0 Å². The maximum atomic E-state index is 11.1. The zero-order chi connectivity index (χ0) is 13.1. The van der Waals surface area contributed by atoms with Gasteiger partial charge in [-0.1, -0.05) is 19.6 Å². The van der Waals surface area contributed by atoms with E-state index in [0.29, 0.717) is 17.9 Å². The molecule has 0 aromatic carbocycles. The van der Waals surface area contributed by atoms with Crippen LogP contribution in [0.2, 0.25) is 25.7 Å². The number of nitrogens with two attached hydrogens (primary N) is 1. The number of imidazole rings is 1. The Balaban J connectivity index is 2.49. The van der Waals surface area contributed by atoms with E-state index in [1.807, 2.05) is 0 Å². The number of halogens is 1. The molecule has 0 radical (unpaired) electrons. The van der Waals surface area contributed by atoms with Gasteiger partial charge in [-0.25, -0.2) is 4.98 Å². The van der Waals surface area contributed by atoms with Gasteiger partial charge in [0.2, 0.25) is 5.82 Å². The van der Waals surface area contributed by atoms with Crippen molar-refractivity contribution in [2.45, 2.75) is 32.4 Å². The summed E-state index contributed by atoms with van der Waals surface area (Å²) >= 11 is 3.20. The van der Waals surface area contributed by atoms with Gasteiger partial charge in [-0.05, 0) is 22.0 Å². The zero-order valence-electron chi connectivity index (χ0n) is 10.4. The minimum atomic E-state index is -1.08. The lowest BCUT2D eigenvalue weighted by molar-refractivity contribution is 0.0801. The Bertz CT molecular complexity index is 401. The van der Waals surface area contributed by atoms with Crippen molar-refractivity contribution in [2.24, 2.45) is 5.73 Å². The van der Waals surface area contributed by atoms with Gasteiger partial charge in [0.05, 0.1) is 0 Å². The molecule has 0 aliphatic heterocycles. The number of aromatic nitrogens is 2. The van der Waals surface area contributed by atoms with Gasteiger partial charge in [0.1, 0.15) is 11.3 Å². The number of ether oxygens (including phenoxy) is 1. The fourth-order valence-electron chi connectivity index (χ4n) is 1.22. The van der Waals surface area contributed by atoms with Crippen LogP contribution in [0.3, 0.4) is 0 Å². The molecule has 0 bridgehead atoms. The van der Waals surface area contributed by atoms with Crippen LogP contribution in [0.5, 0.6) is 0 Å². The van der Waals surface area contributed by atoms with E-state index in [-0.39, 0.29) is 5.82 Å². The van der Waals surface area contributed by atoms with Crippen LogP contribution in [-0.4, -0.2) is 30.1 Å². The lowest BCUT2D eigenvalue weighted by atomic mass is 10.6. The molecular weight excluding hydrogens is 302 g/mol. The minimum Gasteiger partial charge on any atom is -0.363 e. The summed E-state index contributed by atoms with van der Waals surface area (Å²) in [6, 6.07) is 1.09. The van der Waals surface area contributed by atoms with E-state index in [2.05, 4.69) is 40.6 Å². The molecule has 1 aromatic rings. The number of hydrogen-bond acceptors (Lipinski definition) is 3. The number of primary amides is 1. The molecule has 1 amide bonds. The van der Waals surface area contributed by atoms with Gasteiger partial charge in [-0.15, -0.1) is 0 Å². The number of carbonyl (C=O) groups is 1. The van der Waals surface area contributed by atoms with E-state index in [1.165, 1.54) is 0 Å². The van der Waals surface area contributed by atoms with Crippen molar-refractivity contribution in [3.8, 4) is 0 Å². The van der Waals surface area contributed by atoms with Crippen molar-refractivity contribution in [3.63, 3.8) is 0 Å². The SMILES string of the molecule is C[Si](C)(C)CCOCn1cc(Br)nc1C(N)=O. The topological polar surface area (TPSA) is 70.1 Å². The fraction of sp³-hybridized carbons (Fsp3) is 0.600. The Morgan fingerprint density at radius 2 is 2.24 bits per heavy atom. The van der Waals surface area contributed by atoms with Crippen molar-refractivity contribution < 1.29 is 9.53 Å². The highest BCUT2D eigenvalue weighted by Crippen LogP contribution is 2.11. The largest absolute Gasteiger partial charge is 0.363 e. The predicted molar refractivity (Wildman–Crippen MR) is 72.5 cm³/mol. The molecular formula is C10H18BrN3O2Si. The quantitative estimate of drug-likeness (QED) is 0.644. The van der Waals surface area contributed by atoms with Gasteiger partial charge >= 0.3 is 0 Å². The van der Waals surface area contributed by atoms with Crippen LogP contribution in [0.1, 0.15) is 10.6 Å². The van der Waals surface area contributed by atoms with Crippen molar-refractivity contribution in [2.75, 3.05) is 6.61 Å². The van der Waals surface area contributed by atoms with Gasteiger partial charge in [0.25, 0.3) is 5.91 Å². The van der Waals surface area contributed by atoms with Crippen LogP contribution in [-0.2, 0) is 11.5 Å². The molecule has 0 aliphatic carbocycles. The van der Waals surface area contributed by atoms with E-state index in [1.54, 1.807) is 10.8 Å². The van der Waals surface area contributed by atoms with Gasteiger partial charge in [-0.3, -0.25) is 4.79 Å². The number of carbonyl (C=O) groups excluding carboxylic acids is 1. The fourth-order valence-corrected chi connectivity index (χ4v) is 2.39. The summed E-state index contributed by atoms with van der Waals surface area (Å²) in [7, 11) is -1.08. The lowest BCUT2D eigenvalue weighted by Crippen LogP contribution is -2.23. The van der Waals surface area contributed by atoms with E-state index >= 15 is 0 Å². The van der Waals surface area contributed by atoms with Crippen LogP contribution in [0, 0.1) is 0 Å². The molecule has 5 nitrogen and oxygen atoms in total. The first-order valence-electron chi connectivity index (χ1n) is 5.40. The van der Waals surface area contributed by atoms with Gasteiger partial charge in [-0.2, -0.15) is 0 Å². The lowest BCUT2D eigenvalue weighted by Gasteiger charge is -2.15. The smallest absolute Gasteiger partial charge is 0.284 e. The molecule has 17 heavy (non-hydrogen) atoms. The van der Waals surface area contributed by atoms with E-state index < -0.39 is 14.0 Å². The Morgan fingerprint density at radius 3 is 2.76 bits per heavy atom. The number of nitrogens with zero attached hydrogens (tertiary/aromatic N) is 2. The summed E-state index contributed by atoms with van der Waals surface area (Å²) in [6.07, 6.45) is 1.69. The van der Waals surface area contributed by atoms with E-state index in [4.69, 9.17) is 10.5 Å². The second-order valence-electron chi connectivity index (χ2n) is 5.07. The van der Waals surface area contributed by atoms with Crippen molar-refractivity contribution in [1.29, 1.82) is 0 Å². The van der Waals surface area contributed by atoms with Gasteiger partial charge in [0.15, 0.2) is 0 Å².